The second-order valence-corrected chi connectivity index (χ2v) is 6.14. The van der Waals surface area contributed by atoms with Crippen LogP contribution in [0.3, 0.4) is 0 Å². The summed E-state index contributed by atoms with van der Waals surface area (Å²) >= 11 is 6.05. The molecule has 2 heterocycles. The summed E-state index contributed by atoms with van der Waals surface area (Å²) in [6.07, 6.45) is 3.89. The zero-order chi connectivity index (χ0) is 16.9. The Morgan fingerprint density at radius 1 is 1.33 bits per heavy atom. The summed E-state index contributed by atoms with van der Waals surface area (Å²) in [5.74, 6) is 1.30. The molecule has 126 valence electrons. The minimum Gasteiger partial charge on any atom is -0.487 e. The predicted octanol–water partition coefficient (Wildman–Crippen LogP) is 3.10. The van der Waals surface area contributed by atoms with Crippen LogP contribution in [0.2, 0.25) is 5.02 Å². The average molecular weight is 347 g/mol. The lowest BCUT2D eigenvalue weighted by molar-refractivity contribution is -0.132. The quantitative estimate of drug-likeness (QED) is 0.834. The van der Waals surface area contributed by atoms with Crippen molar-refractivity contribution in [2.75, 3.05) is 19.7 Å². The number of amides is 1. The first-order valence-electron chi connectivity index (χ1n) is 7.86. The fraction of sp³-hybridized carbons (Fsp3) is 0.333. The van der Waals surface area contributed by atoms with E-state index >= 15 is 0 Å². The van der Waals surface area contributed by atoms with Gasteiger partial charge >= 0.3 is 0 Å². The van der Waals surface area contributed by atoms with Gasteiger partial charge in [0.05, 0.1) is 6.54 Å². The number of nitrogens with zero attached hydrogens (tertiary/aromatic N) is 2. The number of para-hydroxylation sites is 1. The molecule has 1 saturated heterocycles. The molecule has 0 bridgehead atoms. The van der Waals surface area contributed by atoms with Crippen molar-refractivity contribution in [2.45, 2.75) is 19.4 Å². The SMILES string of the molecule is Cc1ccccc1OCC(=O)N1CC[C@H](Oc2ccncc2Cl)C1. The molecule has 0 N–H and O–H groups in total. The Hall–Kier alpha value is -2.27. The van der Waals surface area contributed by atoms with Gasteiger partial charge in [0.1, 0.15) is 22.6 Å². The maximum atomic E-state index is 12.3. The number of carbonyl (C=O) groups excluding carboxylic acids is 1. The molecule has 0 spiro atoms. The van der Waals surface area contributed by atoms with Gasteiger partial charge in [0.15, 0.2) is 6.61 Å². The van der Waals surface area contributed by atoms with Gasteiger partial charge in [0.2, 0.25) is 0 Å². The smallest absolute Gasteiger partial charge is 0.260 e. The fourth-order valence-corrected chi connectivity index (χ4v) is 2.80. The largest absolute Gasteiger partial charge is 0.487 e. The van der Waals surface area contributed by atoms with Gasteiger partial charge in [-0.1, -0.05) is 29.8 Å². The van der Waals surface area contributed by atoms with Crippen LogP contribution in [-0.2, 0) is 4.79 Å². The minimum atomic E-state index is -0.0627. The van der Waals surface area contributed by atoms with Crippen LogP contribution in [0.4, 0.5) is 0 Å². The molecule has 0 aliphatic carbocycles. The lowest BCUT2D eigenvalue weighted by Gasteiger charge is -2.18. The van der Waals surface area contributed by atoms with E-state index in [0.717, 1.165) is 17.7 Å². The highest BCUT2D eigenvalue weighted by Crippen LogP contribution is 2.25. The van der Waals surface area contributed by atoms with Crippen LogP contribution in [0.1, 0.15) is 12.0 Å². The number of hydrogen-bond acceptors (Lipinski definition) is 4. The molecule has 6 heteroatoms. The first-order valence-corrected chi connectivity index (χ1v) is 8.23. The van der Waals surface area contributed by atoms with E-state index in [1.165, 1.54) is 0 Å². The molecular formula is C18H19ClN2O3. The summed E-state index contributed by atoms with van der Waals surface area (Å²) in [6, 6.07) is 9.39. The van der Waals surface area contributed by atoms with E-state index in [-0.39, 0.29) is 18.6 Å². The van der Waals surface area contributed by atoms with Crippen LogP contribution >= 0.6 is 11.6 Å². The van der Waals surface area contributed by atoms with Crippen molar-refractivity contribution >= 4 is 17.5 Å². The Balaban J connectivity index is 1.51. The second-order valence-electron chi connectivity index (χ2n) is 5.73. The number of halogens is 1. The third-order valence-corrected chi connectivity index (χ3v) is 4.26. The van der Waals surface area contributed by atoms with E-state index in [1.807, 2.05) is 31.2 Å². The van der Waals surface area contributed by atoms with Crippen molar-refractivity contribution in [3.63, 3.8) is 0 Å². The maximum absolute atomic E-state index is 12.3. The van der Waals surface area contributed by atoms with Crippen molar-refractivity contribution < 1.29 is 14.3 Å². The number of rotatable bonds is 5. The van der Waals surface area contributed by atoms with Gasteiger partial charge in [-0.15, -0.1) is 0 Å². The zero-order valence-electron chi connectivity index (χ0n) is 13.4. The normalized spacial score (nSPS) is 16.9. The third-order valence-electron chi connectivity index (χ3n) is 3.97. The molecule has 1 aliphatic rings. The van der Waals surface area contributed by atoms with Crippen LogP contribution in [-0.4, -0.2) is 41.6 Å². The highest BCUT2D eigenvalue weighted by Gasteiger charge is 2.28. The summed E-state index contributed by atoms with van der Waals surface area (Å²) in [4.78, 5) is 18.0. The molecule has 2 aromatic rings. The summed E-state index contributed by atoms with van der Waals surface area (Å²) < 4.78 is 11.5. The molecule has 0 saturated carbocycles. The summed E-state index contributed by atoms with van der Waals surface area (Å²) in [6.45, 7) is 3.18. The second kappa shape index (κ2) is 7.53. The number of likely N-dealkylation sites (tertiary alicyclic amines) is 1. The maximum Gasteiger partial charge on any atom is 0.260 e. The Bertz CT molecular complexity index is 723. The number of aromatic nitrogens is 1. The van der Waals surface area contributed by atoms with Crippen molar-refractivity contribution in [3.05, 3.63) is 53.3 Å². The van der Waals surface area contributed by atoms with Crippen LogP contribution in [0.15, 0.2) is 42.7 Å². The summed E-state index contributed by atoms with van der Waals surface area (Å²) in [5, 5.41) is 0.477. The van der Waals surface area contributed by atoms with Crippen molar-refractivity contribution in [3.8, 4) is 11.5 Å². The monoisotopic (exact) mass is 346 g/mol. The van der Waals surface area contributed by atoms with Gasteiger partial charge in [-0.2, -0.15) is 0 Å². The summed E-state index contributed by atoms with van der Waals surface area (Å²) in [5.41, 5.74) is 1.01. The lowest BCUT2D eigenvalue weighted by Crippen LogP contribution is -2.34. The van der Waals surface area contributed by atoms with Crippen LogP contribution in [0.5, 0.6) is 11.5 Å². The number of carbonyl (C=O) groups is 1. The van der Waals surface area contributed by atoms with E-state index in [9.17, 15) is 4.79 Å². The van der Waals surface area contributed by atoms with Gasteiger partial charge in [-0.25, -0.2) is 0 Å². The Kier molecular flexibility index (Phi) is 5.20. The number of benzene rings is 1. The number of ether oxygens (including phenoxy) is 2. The number of hydrogen-bond donors (Lipinski definition) is 0. The molecule has 24 heavy (non-hydrogen) atoms. The van der Waals surface area contributed by atoms with Crippen molar-refractivity contribution in [1.29, 1.82) is 0 Å². The number of aryl methyl sites for hydroxylation is 1. The van der Waals surface area contributed by atoms with E-state index < -0.39 is 0 Å². The van der Waals surface area contributed by atoms with Crippen LogP contribution < -0.4 is 9.47 Å². The molecular weight excluding hydrogens is 328 g/mol. The zero-order valence-corrected chi connectivity index (χ0v) is 14.2. The van der Waals surface area contributed by atoms with E-state index in [0.29, 0.717) is 23.9 Å². The molecule has 3 rings (SSSR count). The van der Waals surface area contributed by atoms with Gasteiger partial charge < -0.3 is 14.4 Å². The highest BCUT2D eigenvalue weighted by atomic mass is 35.5. The Morgan fingerprint density at radius 2 is 2.17 bits per heavy atom. The Labute approximate surface area is 146 Å². The molecule has 0 unspecified atom stereocenters. The molecule has 5 nitrogen and oxygen atoms in total. The first-order chi connectivity index (χ1) is 11.6. The molecule has 1 amide bonds. The fourth-order valence-electron chi connectivity index (χ4n) is 2.64. The molecule has 1 atom stereocenters. The van der Waals surface area contributed by atoms with E-state index in [4.69, 9.17) is 21.1 Å². The highest BCUT2D eigenvalue weighted by molar-refractivity contribution is 6.31. The molecule has 0 radical (unpaired) electrons. The van der Waals surface area contributed by atoms with E-state index in [2.05, 4.69) is 4.98 Å². The average Bonchev–Trinajstić information content (AvgIpc) is 3.05. The van der Waals surface area contributed by atoms with Crippen LogP contribution in [0, 0.1) is 6.92 Å². The third kappa shape index (κ3) is 3.97. The first kappa shape index (κ1) is 16.6. The lowest BCUT2D eigenvalue weighted by atomic mass is 10.2. The number of pyridine rings is 1. The van der Waals surface area contributed by atoms with Crippen LogP contribution in [0.25, 0.3) is 0 Å². The van der Waals surface area contributed by atoms with Gasteiger partial charge in [0.25, 0.3) is 5.91 Å². The molecule has 1 fully saturated rings. The van der Waals surface area contributed by atoms with Crippen molar-refractivity contribution in [2.24, 2.45) is 0 Å². The topological polar surface area (TPSA) is 51.7 Å². The van der Waals surface area contributed by atoms with E-state index in [1.54, 1.807) is 23.4 Å². The minimum absolute atomic E-state index is 0.0353. The standard InChI is InChI=1S/C18H19ClN2O3/c1-13-4-2-3-5-16(13)23-12-18(22)21-9-7-14(11-21)24-17-6-8-20-10-15(17)19/h2-6,8,10,14H,7,9,11-12H2,1H3/t14-/m0/s1. The molecule has 1 aromatic carbocycles. The van der Waals surface area contributed by atoms with Gasteiger partial charge in [-0.05, 0) is 18.6 Å². The Morgan fingerprint density at radius 3 is 2.96 bits per heavy atom. The molecule has 1 aromatic heterocycles. The molecule has 1 aliphatic heterocycles. The van der Waals surface area contributed by atoms with Gasteiger partial charge in [-0.3, -0.25) is 9.78 Å². The van der Waals surface area contributed by atoms with Crippen molar-refractivity contribution in [1.82, 2.24) is 9.88 Å². The predicted molar refractivity (Wildman–Crippen MR) is 91.5 cm³/mol. The summed E-state index contributed by atoms with van der Waals surface area (Å²) in [7, 11) is 0. The van der Waals surface area contributed by atoms with Gasteiger partial charge in [0, 0.05) is 31.4 Å².